The number of hydrogen-bond donors (Lipinski definition) is 1. The van der Waals surface area contributed by atoms with E-state index in [0.29, 0.717) is 30.3 Å². The van der Waals surface area contributed by atoms with E-state index in [9.17, 15) is 4.79 Å². The average Bonchev–Trinajstić information content (AvgIpc) is 3.43. The standard InChI is InChI=1S/C21H19N5O2S/c1-15-25-18(14-29-15)13-28-19-5-3-17(4-6-19)21(27)23-12-16-7-9-22-20(11-16)26-10-2-8-24-26/h2-11,14H,12-13H2,1H3,(H,23,27). The van der Waals surface area contributed by atoms with Gasteiger partial charge in [0.25, 0.3) is 5.91 Å². The summed E-state index contributed by atoms with van der Waals surface area (Å²) in [6.45, 7) is 2.78. The number of rotatable bonds is 7. The molecule has 0 aliphatic carbocycles. The Kier molecular flexibility index (Phi) is 5.62. The number of aromatic nitrogens is 4. The second-order valence-electron chi connectivity index (χ2n) is 6.33. The monoisotopic (exact) mass is 405 g/mol. The predicted molar refractivity (Wildman–Crippen MR) is 110 cm³/mol. The van der Waals surface area contributed by atoms with Gasteiger partial charge in [0.2, 0.25) is 0 Å². The molecule has 1 aromatic carbocycles. The highest BCUT2D eigenvalue weighted by molar-refractivity contribution is 7.09. The fraction of sp³-hybridized carbons (Fsp3) is 0.143. The summed E-state index contributed by atoms with van der Waals surface area (Å²) in [6, 6.07) is 12.7. The Morgan fingerprint density at radius 2 is 2.07 bits per heavy atom. The molecule has 146 valence electrons. The number of carbonyl (C=O) groups excluding carboxylic acids is 1. The van der Waals surface area contributed by atoms with Gasteiger partial charge in [-0.05, 0) is 55.0 Å². The molecule has 4 aromatic rings. The summed E-state index contributed by atoms with van der Waals surface area (Å²) >= 11 is 1.60. The van der Waals surface area contributed by atoms with E-state index in [2.05, 4.69) is 20.4 Å². The van der Waals surface area contributed by atoms with Crippen LogP contribution in [0, 0.1) is 6.92 Å². The van der Waals surface area contributed by atoms with Crippen LogP contribution >= 0.6 is 11.3 Å². The van der Waals surface area contributed by atoms with Crippen LogP contribution in [0.3, 0.4) is 0 Å². The van der Waals surface area contributed by atoms with Gasteiger partial charge in [0.15, 0.2) is 5.82 Å². The van der Waals surface area contributed by atoms with Crippen LogP contribution in [-0.2, 0) is 13.2 Å². The quantitative estimate of drug-likeness (QED) is 0.509. The smallest absolute Gasteiger partial charge is 0.251 e. The van der Waals surface area contributed by atoms with Crippen molar-refractivity contribution in [3.05, 3.63) is 88.3 Å². The van der Waals surface area contributed by atoms with Crippen molar-refractivity contribution in [2.45, 2.75) is 20.1 Å². The van der Waals surface area contributed by atoms with Crippen LogP contribution in [0.15, 0.2) is 66.4 Å². The predicted octanol–water partition coefficient (Wildman–Crippen LogP) is 3.54. The van der Waals surface area contributed by atoms with Gasteiger partial charge in [-0.2, -0.15) is 5.10 Å². The van der Waals surface area contributed by atoms with Gasteiger partial charge in [-0.3, -0.25) is 4.79 Å². The Balaban J connectivity index is 1.32. The van der Waals surface area contributed by atoms with Crippen molar-refractivity contribution in [1.29, 1.82) is 0 Å². The van der Waals surface area contributed by atoms with E-state index in [-0.39, 0.29) is 5.91 Å². The molecule has 3 heterocycles. The average molecular weight is 405 g/mol. The molecule has 0 aliphatic rings. The van der Waals surface area contributed by atoms with E-state index >= 15 is 0 Å². The molecular formula is C21H19N5O2S. The second-order valence-corrected chi connectivity index (χ2v) is 7.39. The molecule has 0 spiro atoms. The maximum absolute atomic E-state index is 12.4. The molecule has 1 N–H and O–H groups in total. The summed E-state index contributed by atoms with van der Waals surface area (Å²) in [5.41, 5.74) is 2.42. The number of thiazole rings is 1. The van der Waals surface area contributed by atoms with Crippen LogP contribution in [-0.4, -0.2) is 25.7 Å². The number of hydrogen-bond acceptors (Lipinski definition) is 6. The Morgan fingerprint density at radius 3 is 2.79 bits per heavy atom. The summed E-state index contributed by atoms with van der Waals surface area (Å²) in [4.78, 5) is 21.1. The lowest BCUT2D eigenvalue weighted by molar-refractivity contribution is 0.0951. The van der Waals surface area contributed by atoms with Crippen LogP contribution in [0.4, 0.5) is 0 Å². The summed E-state index contributed by atoms with van der Waals surface area (Å²) < 4.78 is 7.39. The summed E-state index contributed by atoms with van der Waals surface area (Å²) in [5, 5.41) is 10.1. The Hall–Kier alpha value is -3.52. The van der Waals surface area contributed by atoms with E-state index in [1.54, 1.807) is 52.7 Å². The molecule has 0 atom stereocenters. The highest BCUT2D eigenvalue weighted by Crippen LogP contribution is 2.16. The van der Waals surface area contributed by atoms with Crippen molar-refractivity contribution >= 4 is 17.2 Å². The van der Waals surface area contributed by atoms with Crippen molar-refractivity contribution < 1.29 is 9.53 Å². The molecule has 29 heavy (non-hydrogen) atoms. The lowest BCUT2D eigenvalue weighted by Crippen LogP contribution is -2.22. The number of amides is 1. The molecule has 0 unspecified atom stereocenters. The molecule has 3 aromatic heterocycles. The molecule has 4 rings (SSSR count). The first-order valence-electron chi connectivity index (χ1n) is 9.04. The number of benzene rings is 1. The zero-order valence-electron chi connectivity index (χ0n) is 15.8. The Bertz CT molecular complexity index is 1090. The molecule has 1 amide bonds. The minimum atomic E-state index is -0.149. The maximum Gasteiger partial charge on any atom is 0.251 e. The molecule has 0 radical (unpaired) electrons. The minimum Gasteiger partial charge on any atom is -0.487 e. The molecule has 7 nitrogen and oxygen atoms in total. The number of nitrogens with zero attached hydrogens (tertiary/aromatic N) is 4. The third-order valence-electron chi connectivity index (χ3n) is 4.17. The Labute approximate surface area is 172 Å². The van der Waals surface area contributed by atoms with Gasteiger partial charge in [0.1, 0.15) is 12.4 Å². The van der Waals surface area contributed by atoms with E-state index in [1.807, 2.05) is 36.7 Å². The summed E-state index contributed by atoms with van der Waals surface area (Å²) in [6.07, 6.45) is 5.22. The zero-order chi connectivity index (χ0) is 20.1. The number of ether oxygens (including phenoxy) is 1. The van der Waals surface area contributed by atoms with E-state index < -0.39 is 0 Å². The van der Waals surface area contributed by atoms with Crippen LogP contribution in [0.1, 0.15) is 26.6 Å². The van der Waals surface area contributed by atoms with Crippen molar-refractivity contribution in [2.24, 2.45) is 0 Å². The lowest BCUT2D eigenvalue weighted by Gasteiger charge is -2.08. The third-order valence-corrected chi connectivity index (χ3v) is 4.99. The van der Waals surface area contributed by atoms with Gasteiger partial charge in [0.05, 0.1) is 10.7 Å². The van der Waals surface area contributed by atoms with E-state index in [4.69, 9.17) is 4.74 Å². The first-order chi connectivity index (χ1) is 14.2. The van der Waals surface area contributed by atoms with Crippen LogP contribution in [0.5, 0.6) is 5.75 Å². The summed E-state index contributed by atoms with van der Waals surface area (Å²) in [7, 11) is 0. The molecule has 0 fully saturated rings. The fourth-order valence-electron chi connectivity index (χ4n) is 2.72. The van der Waals surface area contributed by atoms with Crippen molar-refractivity contribution in [2.75, 3.05) is 0 Å². The van der Waals surface area contributed by atoms with Gasteiger partial charge in [-0.1, -0.05) is 0 Å². The topological polar surface area (TPSA) is 81.9 Å². The minimum absolute atomic E-state index is 0.149. The van der Waals surface area contributed by atoms with Gasteiger partial charge in [-0.15, -0.1) is 11.3 Å². The van der Waals surface area contributed by atoms with Crippen molar-refractivity contribution in [3.63, 3.8) is 0 Å². The molecule has 0 saturated carbocycles. The highest BCUT2D eigenvalue weighted by atomic mass is 32.1. The normalized spacial score (nSPS) is 10.7. The molecule has 8 heteroatoms. The van der Waals surface area contributed by atoms with E-state index in [0.717, 1.165) is 16.3 Å². The van der Waals surface area contributed by atoms with Gasteiger partial charge < -0.3 is 10.1 Å². The number of aryl methyl sites for hydroxylation is 1. The lowest BCUT2D eigenvalue weighted by atomic mass is 10.2. The van der Waals surface area contributed by atoms with Crippen LogP contribution < -0.4 is 10.1 Å². The van der Waals surface area contributed by atoms with E-state index in [1.165, 1.54) is 0 Å². The first kappa shape index (κ1) is 18.8. The maximum atomic E-state index is 12.4. The number of carbonyl (C=O) groups is 1. The third kappa shape index (κ3) is 4.85. The largest absolute Gasteiger partial charge is 0.487 e. The number of nitrogens with one attached hydrogen (secondary N) is 1. The Morgan fingerprint density at radius 1 is 1.21 bits per heavy atom. The summed E-state index contributed by atoms with van der Waals surface area (Å²) in [5.74, 6) is 1.26. The van der Waals surface area contributed by atoms with Crippen molar-refractivity contribution in [3.8, 4) is 11.6 Å². The van der Waals surface area contributed by atoms with Gasteiger partial charge in [0, 0.05) is 36.1 Å². The van der Waals surface area contributed by atoms with Gasteiger partial charge in [-0.25, -0.2) is 14.6 Å². The SMILES string of the molecule is Cc1nc(COc2ccc(C(=O)NCc3ccnc(-n4cccn4)c3)cc2)cs1. The fourth-order valence-corrected chi connectivity index (χ4v) is 3.32. The first-order valence-corrected chi connectivity index (χ1v) is 9.92. The van der Waals surface area contributed by atoms with Crippen molar-refractivity contribution in [1.82, 2.24) is 25.1 Å². The molecule has 0 aliphatic heterocycles. The molecule has 0 saturated heterocycles. The second kappa shape index (κ2) is 8.66. The zero-order valence-corrected chi connectivity index (χ0v) is 16.6. The van der Waals surface area contributed by atoms with Crippen LogP contribution in [0.2, 0.25) is 0 Å². The highest BCUT2D eigenvalue weighted by Gasteiger charge is 2.07. The van der Waals surface area contributed by atoms with Crippen LogP contribution in [0.25, 0.3) is 5.82 Å². The molecule has 0 bridgehead atoms. The number of pyridine rings is 1. The van der Waals surface area contributed by atoms with Gasteiger partial charge >= 0.3 is 0 Å². The molecular weight excluding hydrogens is 386 g/mol.